The summed E-state index contributed by atoms with van der Waals surface area (Å²) < 4.78 is 13.0. The summed E-state index contributed by atoms with van der Waals surface area (Å²) >= 11 is 0. The lowest BCUT2D eigenvalue weighted by atomic mass is 10.1. The SMILES string of the molecule is Cc1cc(F)ccc1C(=O)Nc1ccc(O)cc1[N+](=O)[O-]. The van der Waals surface area contributed by atoms with Crippen molar-refractivity contribution in [1.82, 2.24) is 0 Å². The van der Waals surface area contributed by atoms with E-state index in [1.165, 1.54) is 24.3 Å². The Morgan fingerprint density at radius 1 is 1.29 bits per heavy atom. The molecule has 21 heavy (non-hydrogen) atoms. The Balaban J connectivity index is 2.34. The van der Waals surface area contributed by atoms with Crippen LogP contribution < -0.4 is 5.32 Å². The molecule has 0 aliphatic rings. The number of rotatable bonds is 3. The van der Waals surface area contributed by atoms with Crippen molar-refractivity contribution >= 4 is 17.3 Å². The number of halogens is 1. The van der Waals surface area contributed by atoms with Crippen LogP contribution in [0, 0.1) is 22.9 Å². The Hall–Kier alpha value is -2.96. The van der Waals surface area contributed by atoms with Gasteiger partial charge in [-0.2, -0.15) is 0 Å². The molecular weight excluding hydrogens is 279 g/mol. The first-order valence-corrected chi connectivity index (χ1v) is 5.93. The van der Waals surface area contributed by atoms with Gasteiger partial charge in [-0.3, -0.25) is 14.9 Å². The molecule has 0 saturated carbocycles. The van der Waals surface area contributed by atoms with Gasteiger partial charge in [-0.05, 0) is 42.8 Å². The molecule has 2 rings (SSSR count). The first-order chi connectivity index (χ1) is 9.88. The summed E-state index contributed by atoms with van der Waals surface area (Å²) in [5, 5.41) is 22.5. The Bertz CT molecular complexity index is 731. The van der Waals surface area contributed by atoms with Crippen LogP contribution in [-0.2, 0) is 0 Å². The van der Waals surface area contributed by atoms with E-state index in [9.17, 15) is 24.4 Å². The molecule has 0 unspecified atom stereocenters. The van der Waals surface area contributed by atoms with Crippen molar-refractivity contribution in [3.63, 3.8) is 0 Å². The number of nitro benzene ring substituents is 1. The molecule has 0 fully saturated rings. The zero-order valence-corrected chi connectivity index (χ0v) is 11.0. The molecule has 7 heteroatoms. The second-order valence-corrected chi connectivity index (χ2v) is 4.37. The van der Waals surface area contributed by atoms with Crippen molar-refractivity contribution in [1.29, 1.82) is 0 Å². The van der Waals surface area contributed by atoms with Gasteiger partial charge in [-0.15, -0.1) is 0 Å². The number of nitrogens with zero attached hydrogens (tertiary/aromatic N) is 1. The standard InChI is InChI=1S/C14H11FN2O4/c1-8-6-9(15)2-4-11(8)14(19)16-12-5-3-10(18)7-13(12)17(20)21/h2-7,18H,1H3,(H,16,19). The van der Waals surface area contributed by atoms with Crippen molar-refractivity contribution in [3.05, 3.63) is 63.5 Å². The molecule has 2 aromatic rings. The van der Waals surface area contributed by atoms with Crippen LogP contribution in [0.4, 0.5) is 15.8 Å². The third kappa shape index (κ3) is 3.14. The van der Waals surface area contributed by atoms with Crippen LogP contribution in [0.5, 0.6) is 5.75 Å². The maximum atomic E-state index is 13.0. The van der Waals surface area contributed by atoms with Crippen LogP contribution in [0.3, 0.4) is 0 Å². The van der Waals surface area contributed by atoms with E-state index < -0.39 is 22.3 Å². The topological polar surface area (TPSA) is 92.5 Å². The smallest absolute Gasteiger partial charge is 0.296 e. The number of nitro groups is 1. The predicted molar refractivity (Wildman–Crippen MR) is 73.9 cm³/mol. The normalized spacial score (nSPS) is 10.2. The number of hydrogen-bond donors (Lipinski definition) is 2. The van der Waals surface area contributed by atoms with E-state index >= 15 is 0 Å². The Labute approximate surface area is 119 Å². The number of carbonyl (C=O) groups is 1. The van der Waals surface area contributed by atoms with Gasteiger partial charge in [0.25, 0.3) is 11.6 Å². The van der Waals surface area contributed by atoms with Crippen LogP contribution in [-0.4, -0.2) is 15.9 Å². The molecule has 108 valence electrons. The second kappa shape index (κ2) is 5.58. The molecule has 0 atom stereocenters. The van der Waals surface area contributed by atoms with Crippen molar-refractivity contribution in [2.45, 2.75) is 6.92 Å². The average molecular weight is 290 g/mol. The lowest BCUT2D eigenvalue weighted by Crippen LogP contribution is -2.14. The van der Waals surface area contributed by atoms with Gasteiger partial charge in [-0.25, -0.2) is 4.39 Å². The van der Waals surface area contributed by atoms with Crippen LogP contribution in [0.2, 0.25) is 0 Å². The molecule has 1 amide bonds. The molecule has 0 saturated heterocycles. The third-order valence-corrected chi connectivity index (χ3v) is 2.86. The maximum Gasteiger partial charge on any atom is 0.296 e. The Kier molecular flexibility index (Phi) is 3.84. The quantitative estimate of drug-likeness (QED) is 0.516. The Morgan fingerprint density at radius 2 is 2.00 bits per heavy atom. The van der Waals surface area contributed by atoms with Crippen molar-refractivity contribution in [3.8, 4) is 5.75 Å². The summed E-state index contributed by atoms with van der Waals surface area (Å²) in [6.45, 7) is 1.56. The van der Waals surface area contributed by atoms with Gasteiger partial charge in [0, 0.05) is 5.56 Å². The summed E-state index contributed by atoms with van der Waals surface area (Å²) in [6, 6.07) is 7.01. The fraction of sp³-hybridized carbons (Fsp3) is 0.0714. The molecule has 0 radical (unpaired) electrons. The van der Waals surface area contributed by atoms with E-state index in [-0.39, 0.29) is 17.0 Å². The monoisotopic (exact) mass is 290 g/mol. The minimum Gasteiger partial charge on any atom is -0.508 e. The van der Waals surface area contributed by atoms with Gasteiger partial charge in [0.1, 0.15) is 17.3 Å². The van der Waals surface area contributed by atoms with Crippen LogP contribution in [0.1, 0.15) is 15.9 Å². The molecule has 0 aromatic heterocycles. The Morgan fingerprint density at radius 3 is 2.62 bits per heavy atom. The molecule has 0 aliphatic heterocycles. The number of phenolic OH excluding ortho intramolecular Hbond substituents is 1. The number of anilines is 1. The summed E-state index contributed by atoms with van der Waals surface area (Å²) in [5.41, 5.74) is 0.141. The number of benzene rings is 2. The van der Waals surface area contributed by atoms with E-state index in [2.05, 4.69) is 5.32 Å². The number of nitrogens with one attached hydrogen (secondary N) is 1. The van der Waals surface area contributed by atoms with Gasteiger partial charge >= 0.3 is 0 Å². The number of aromatic hydroxyl groups is 1. The van der Waals surface area contributed by atoms with E-state index in [1.54, 1.807) is 6.92 Å². The van der Waals surface area contributed by atoms with Gasteiger partial charge < -0.3 is 10.4 Å². The largest absolute Gasteiger partial charge is 0.508 e. The zero-order valence-electron chi connectivity index (χ0n) is 11.0. The van der Waals surface area contributed by atoms with Crippen molar-refractivity contribution < 1.29 is 19.2 Å². The van der Waals surface area contributed by atoms with E-state index in [0.29, 0.717) is 5.56 Å². The van der Waals surface area contributed by atoms with E-state index in [1.807, 2.05) is 0 Å². The fourth-order valence-electron chi connectivity index (χ4n) is 1.85. The molecular formula is C14H11FN2O4. The summed E-state index contributed by atoms with van der Waals surface area (Å²) in [7, 11) is 0. The maximum absolute atomic E-state index is 13.0. The molecule has 0 heterocycles. The first kappa shape index (κ1) is 14.4. The van der Waals surface area contributed by atoms with Crippen LogP contribution >= 0.6 is 0 Å². The lowest BCUT2D eigenvalue weighted by molar-refractivity contribution is -0.384. The van der Waals surface area contributed by atoms with Crippen molar-refractivity contribution in [2.75, 3.05) is 5.32 Å². The highest BCUT2D eigenvalue weighted by atomic mass is 19.1. The predicted octanol–water partition coefficient (Wildman–Crippen LogP) is 3.00. The summed E-state index contributed by atoms with van der Waals surface area (Å²) in [4.78, 5) is 22.3. The van der Waals surface area contributed by atoms with Crippen LogP contribution in [0.15, 0.2) is 36.4 Å². The fourth-order valence-corrected chi connectivity index (χ4v) is 1.85. The lowest BCUT2D eigenvalue weighted by Gasteiger charge is -2.08. The number of carbonyl (C=O) groups excluding carboxylic acids is 1. The number of hydrogen-bond acceptors (Lipinski definition) is 4. The minimum atomic E-state index is -0.715. The van der Waals surface area contributed by atoms with Gasteiger partial charge in [0.15, 0.2) is 0 Å². The third-order valence-electron chi connectivity index (χ3n) is 2.86. The van der Waals surface area contributed by atoms with Crippen LogP contribution in [0.25, 0.3) is 0 Å². The highest BCUT2D eigenvalue weighted by Gasteiger charge is 2.18. The number of phenols is 1. The first-order valence-electron chi connectivity index (χ1n) is 5.93. The zero-order chi connectivity index (χ0) is 15.6. The molecule has 6 nitrogen and oxygen atoms in total. The highest BCUT2D eigenvalue weighted by molar-refractivity contribution is 6.06. The van der Waals surface area contributed by atoms with E-state index in [4.69, 9.17) is 0 Å². The molecule has 0 aliphatic carbocycles. The average Bonchev–Trinajstić information content (AvgIpc) is 2.40. The second-order valence-electron chi connectivity index (χ2n) is 4.37. The molecule has 0 spiro atoms. The molecule has 2 N–H and O–H groups in total. The molecule has 0 bridgehead atoms. The van der Waals surface area contributed by atoms with Gasteiger partial charge in [0.05, 0.1) is 11.0 Å². The minimum absolute atomic E-state index is 0.0495. The number of amides is 1. The van der Waals surface area contributed by atoms with Gasteiger partial charge in [0.2, 0.25) is 0 Å². The highest BCUT2D eigenvalue weighted by Crippen LogP contribution is 2.29. The summed E-state index contributed by atoms with van der Waals surface area (Å²) in [6.07, 6.45) is 0. The number of aryl methyl sites for hydroxylation is 1. The van der Waals surface area contributed by atoms with E-state index in [0.717, 1.165) is 12.1 Å². The van der Waals surface area contributed by atoms with Crippen molar-refractivity contribution in [2.24, 2.45) is 0 Å². The molecule has 2 aromatic carbocycles. The summed E-state index contributed by atoms with van der Waals surface area (Å²) in [5.74, 6) is -1.35. The van der Waals surface area contributed by atoms with Gasteiger partial charge in [-0.1, -0.05) is 0 Å².